The Kier molecular flexibility index (Phi) is 12.1. The van der Waals surface area contributed by atoms with Crippen molar-refractivity contribution in [1.82, 2.24) is 0 Å². The molecule has 0 rings (SSSR count). The Hall–Kier alpha value is -2.52. The monoisotopic (exact) mass is 456 g/mol. The predicted octanol–water partition coefficient (Wildman–Crippen LogP) is 2.44. The molecule has 0 atom stereocenters. The van der Waals surface area contributed by atoms with Gasteiger partial charge in [-0.25, -0.2) is 9.59 Å². The maximum absolute atomic E-state index is 12.4. The molecule has 9 heteroatoms. The number of ether oxygens (including phenoxy) is 4. The number of hydrogen-bond acceptors (Lipinski definition) is 9. The third-order valence-electron chi connectivity index (χ3n) is 4.20. The van der Waals surface area contributed by atoms with E-state index in [1.165, 1.54) is 13.8 Å². The second-order valence-corrected chi connectivity index (χ2v) is 8.71. The zero-order valence-electron chi connectivity index (χ0n) is 19.9. The van der Waals surface area contributed by atoms with Crippen LogP contribution in [0.25, 0.3) is 0 Å². The van der Waals surface area contributed by atoms with Crippen molar-refractivity contribution in [3.8, 4) is 0 Å². The SMILES string of the molecule is C=C(C)C(=O)OCC(COC(=O)C(=C)C)OC(=O)CCC(=O)C(C)(C)OCCC(C)(C)O. The summed E-state index contributed by atoms with van der Waals surface area (Å²) >= 11 is 0. The second kappa shape index (κ2) is 13.1. The molecule has 9 nitrogen and oxygen atoms in total. The van der Waals surface area contributed by atoms with Gasteiger partial charge in [0.15, 0.2) is 11.9 Å². The molecule has 0 spiro atoms. The third kappa shape index (κ3) is 13.0. The van der Waals surface area contributed by atoms with Crippen LogP contribution in [0.15, 0.2) is 24.3 Å². The minimum atomic E-state index is -1.14. The Bertz CT molecular complexity index is 683. The summed E-state index contributed by atoms with van der Waals surface area (Å²) in [5.41, 5.74) is -1.74. The minimum Gasteiger partial charge on any atom is -0.458 e. The third-order valence-corrected chi connectivity index (χ3v) is 4.20. The molecular formula is C23H36O9. The molecular weight excluding hydrogens is 420 g/mol. The first-order chi connectivity index (χ1) is 14.5. The van der Waals surface area contributed by atoms with Crippen LogP contribution in [-0.4, -0.2) is 65.9 Å². The summed E-state index contributed by atoms with van der Waals surface area (Å²) in [4.78, 5) is 47.8. The summed E-state index contributed by atoms with van der Waals surface area (Å²) in [6.45, 7) is 15.8. The van der Waals surface area contributed by atoms with Crippen molar-refractivity contribution >= 4 is 23.7 Å². The number of ketones is 1. The quantitative estimate of drug-likeness (QED) is 0.225. The lowest BCUT2D eigenvalue weighted by molar-refractivity contribution is -0.165. The Morgan fingerprint density at radius 1 is 0.875 bits per heavy atom. The van der Waals surface area contributed by atoms with E-state index in [-0.39, 0.29) is 49.6 Å². The molecule has 0 radical (unpaired) electrons. The highest BCUT2D eigenvalue weighted by molar-refractivity contribution is 5.89. The number of hydrogen-bond donors (Lipinski definition) is 1. The van der Waals surface area contributed by atoms with Gasteiger partial charge >= 0.3 is 17.9 Å². The summed E-state index contributed by atoms with van der Waals surface area (Å²) in [6.07, 6.45) is -1.09. The van der Waals surface area contributed by atoms with E-state index in [4.69, 9.17) is 18.9 Å². The van der Waals surface area contributed by atoms with Crippen LogP contribution in [-0.2, 0) is 38.1 Å². The largest absolute Gasteiger partial charge is 0.458 e. The molecule has 0 aromatic rings. The molecule has 0 saturated heterocycles. The first kappa shape index (κ1) is 29.5. The number of Topliss-reactive ketones (excluding diaryl/α,β-unsaturated/α-hetero) is 1. The Morgan fingerprint density at radius 3 is 1.75 bits per heavy atom. The van der Waals surface area contributed by atoms with Crippen LogP contribution in [0.5, 0.6) is 0 Å². The van der Waals surface area contributed by atoms with E-state index < -0.39 is 35.2 Å². The number of carbonyl (C=O) groups excluding carboxylic acids is 4. The van der Waals surface area contributed by atoms with Gasteiger partial charge in [-0.3, -0.25) is 9.59 Å². The summed E-state index contributed by atoms with van der Waals surface area (Å²) in [7, 11) is 0. The van der Waals surface area contributed by atoms with Crippen LogP contribution in [0.4, 0.5) is 0 Å². The van der Waals surface area contributed by atoms with Gasteiger partial charge in [0.2, 0.25) is 0 Å². The van der Waals surface area contributed by atoms with Gasteiger partial charge in [0.25, 0.3) is 0 Å². The second-order valence-electron chi connectivity index (χ2n) is 8.71. The van der Waals surface area contributed by atoms with E-state index in [0.717, 1.165) is 0 Å². The van der Waals surface area contributed by atoms with Gasteiger partial charge in [0, 0.05) is 17.6 Å². The van der Waals surface area contributed by atoms with Gasteiger partial charge in [-0.15, -0.1) is 0 Å². The lowest BCUT2D eigenvalue weighted by Gasteiger charge is -2.26. The summed E-state index contributed by atoms with van der Waals surface area (Å²) < 4.78 is 20.7. The minimum absolute atomic E-state index is 0.141. The molecule has 0 aromatic carbocycles. The van der Waals surface area contributed by atoms with Gasteiger partial charge in [-0.05, 0) is 48.0 Å². The highest BCUT2D eigenvalue weighted by Gasteiger charge is 2.30. The van der Waals surface area contributed by atoms with Gasteiger partial charge in [-0.1, -0.05) is 13.2 Å². The molecule has 1 N–H and O–H groups in total. The number of carbonyl (C=O) groups is 4. The van der Waals surface area contributed by atoms with Crippen LogP contribution in [0.3, 0.4) is 0 Å². The van der Waals surface area contributed by atoms with Crippen molar-refractivity contribution in [2.45, 2.75) is 78.1 Å². The molecule has 0 unspecified atom stereocenters. The fraction of sp³-hybridized carbons (Fsp3) is 0.652. The fourth-order valence-corrected chi connectivity index (χ4v) is 2.10. The van der Waals surface area contributed by atoms with Gasteiger partial charge in [-0.2, -0.15) is 0 Å². The topological polar surface area (TPSA) is 125 Å². The lowest BCUT2D eigenvalue weighted by atomic mass is 9.99. The molecule has 0 bridgehead atoms. The average Bonchev–Trinajstić information content (AvgIpc) is 2.65. The number of rotatable bonds is 15. The maximum atomic E-state index is 12.4. The molecule has 0 amide bonds. The molecule has 0 aliphatic rings. The zero-order chi connectivity index (χ0) is 25.1. The van der Waals surface area contributed by atoms with E-state index in [2.05, 4.69) is 13.2 Å². The fourth-order valence-electron chi connectivity index (χ4n) is 2.10. The molecule has 32 heavy (non-hydrogen) atoms. The molecule has 182 valence electrons. The summed E-state index contributed by atoms with van der Waals surface area (Å²) in [5, 5.41) is 9.73. The highest BCUT2D eigenvalue weighted by Crippen LogP contribution is 2.17. The Labute approximate surface area is 189 Å². The van der Waals surface area contributed by atoms with E-state index in [1.54, 1.807) is 27.7 Å². The standard InChI is InChI=1S/C23H36O9/c1-15(2)20(26)29-13-17(14-30-21(27)16(3)4)32-19(25)10-9-18(24)23(7,8)31-12-11-22(5,6)28/h17,28H,1,3,9-14H2,2,4-8H3. The molecule has 0 aliphatic heterocycles. The molecule has 0 fully saturated rings. The Morgan fingerprint density at radius 2 is 1.34 bits per heavy atom. The zero-order valence-corrected chi connectivity index (χ0v) is 19.9. The van der Waals surface area contributed by atoms with Crippen molar-refractivity contribution in [3.05, 3.63) is 24.3 Å². The van der Waals surface area contributed by atoms with E-state index in [1.807, 2.05) is 0 Å². The van der Waals surface area contributed by atoms with E-state index >= 15 is 0 Å². The first-order valence-electron chi connectivity index (χ1n) is 10.3. The Balaban J connectivity index is 4.78. The molecule has 0 aliphatic carbocycles. The normalized spacial score (nSPS) is 11.6. The van der Waals surface area contributed by atoms with Gasteiger partial charge in [0.1, 0.15) is 18.8 Å². The first-order valence-corrected chi connectivity index (χ1v) is 10.3. The highest BCUT2D eigenvalue weighted by atomic mass is 16.6. The van der Waals surface area contributed by atoms with E-state index in [9.17, 15) is 24.3 Å². The van der Waals surface area contributed by atoms with Crippen molar-refractivity contribution in [2.24, 2.45) is 0 Å². The molecule has 0 aromatic heterocycles. The van der Waals surface area contributed by atoms with Gasteiger partial charge < -0.3 is 24.1 Å². The maximum Gasteiger partial charge on any atom is 0.333 e. The molecule has 0 heterocycles. The van der Waals surface area contributed by atoms with Crippen LogP contribution >= 0.6 is 0 Å². The lowest BCUT2D eigenvalue weighted by Crippen LogP contribution is -2.37. The van der Waals surface area contributed by atoms with Crippen LogP contribution in [0.1, 0.15) is 60.8 Å². The van der Waals surface area contributed by atoms with Crippen molar-refractivity contribution in [2.75, 3.05) is 19.8 Å². The van der Waals surface area contributed by atoms with Crippen LogP contribution in [0.2, 0.25) is 0 Å². The summed E-state index contributed by atoms with van der Waals surface area (Å²) in [6, 6.07) is 0. The predicted molar refractivity (Wildman–Crippen MR) is 117 cm³/mol. The van der Waals surface area contributed by atoms with Gasteiger partial charge in [0.05, 0.1) is 18.6 Å². The van der Waals surface area contributed by atoms with Crippen molar-refractivity contribution in [1.29, 1.82) is 0 Å². The number of esters is 3. The van der Waals surface area contributed by atoms with Crippen LogP contribution in [0, 0.1) is 0 Å². The van der Waals surface area contributed by atoms with Crippen molar-refractivity contribution < 1.29 is 43.2 Å². The summed E-state index contributed by atoms with van der Waals surface area (Å²) in [5.74, 6) is -2.41. The average molecular weight is 457 g/mol. The van der Waals surface area contributed by atoms with Crippen molar-refractivity contribution in [3.63, 3.8) is 0 Å². The molecule has 0 saturated carbocycles. The number of aliphatic hydroxyl groups is 1. The van der Waals surface area contributed by atoms with E-state index in [0.29, 0.717) is 6.42 Å². The smallest absolute Gasteiger partial charge is 0.333 e. The van der Waals surface area contributed by atoms with Crippen LogP contribution < -0.4 is 0 Å².